The van der Waals surface area contributed by atoms with Gasteiger partial charge in [0.1, 0.15) is 0 Å². The first-order valence-electron chi connectivity index (χ1n) is 7.59. The van der Waals surface area contributed by atoms with E-state index in [1.807, 2.05) is 42.5 Å². The van der Waals surface area contributed by atoms with E-state index in [0.717, 1.165) is 28.4 Å². The van der Waals surface area contributed by atoms with Gasteiger partial charge in [0.05, 0.1) is 11.3 Å². The highest BCUT2D eigenvalue weighted by atomic mass is 79.9. The molecule has 0 spiro atoms. The smallest absolute Gasteiger partial charge is 0.258 e. The van der Waals surface area contributed by atoms with Crippen LogP contribution >= 0.6 is 15.9 Å². The summed E-state index contributed by atoms with van der Waals surface area (Å²) in [5.41, 5.74) is 2.96. The van der Waals surface area contributed by atoms with Crippen molar-refractivity contribution in [3.05, 3.63) is 70.0 Å². The van der Waals surface area contributed by atoms with Gasteiger partial charge in [-0.2, -0.15) is 0 Å². The fourth-order valence-electron chi connectivity index (χ4n) is 3.36. The number of hydrogen-bond acceptors (Lipinski definition) is 2. The Morgan fingerprint density at radius 3 is 2.26 bits per heavy atom. The number of alkyl halides is 1. The second kappa shape index (κ2) is 5.46. The second-order valence-electron chi connectivity index (χ2n) is 5.64. The quantitative estimate of drug-likeness (QED) is 0.513. The summed E-state index contributed by atoms with van der Waals surface area (Å²) in [6, 6.07) is 14.9. The van der Waals surface area contributed by atoms with E-state index in [4.69, 9.17) is 0 Å². The van der Waals surface area contributed by atoms with Crippen LogP contribution in [0.5, 0.6) is 0 Å². The zero-order valence-electron chi connectivity index (χ0n) is 12.4. The van der Waals surface area contributed by atoms with Gasteiger partial charge in [0.2, 0.25) is 0 Å². The molecule has 4 rings (SSSR count). The van der Waals surface area contributed by atoms with Crippen LogP contribution in [0.1, 0.15) is 22.3 Å². The molecule has 0 bridgehead atoms. The molecule has 0 amide bonds. The van der Waals surface area contributed by atoms with E-state index < -0.39 is 0 Å². The molecule has 0 aliphatic heterocycles. The van der Waals surface area contributed by atoms with Gasteiger partial charge in [0.15, 0.2) is 5.78 Å². The topological polar surface area (TPSA) is 39.1 Å². The van der Waals surface area contributed by atoms with Crippen molar-refractivity contribution in [3.63, 3.8) is 0 Å². The van der Waals surface area contributed by atoms with Crippen LogP contribution in [0.15, 0.2) is 53.3 Å². The fourth-order valence-corrected chi connectivity index (χ4v) is 3.61. The van der Waals surface area contributed by atoms with Gasteiger partial charge in [0.25, 0.3) is 5.56 Å². The predicted octanol–water partition coefficient (Wildman–Crippen LogP) is 4.00. The van der Waals surface area contributed by atoms with Crippen LogP contribution in [0.3, 0.4) is 0 Å². The molecular weight excluding hydrogens is 354 g/mol. The van der Waals surface area contributed by atoms with Crippen molar-refractivity contribution in [2.24, 2.45) is 0 Å². The highest BCUT2D eigenvalue weighted by Crippen LogP contribution is 2.39. The number of nitrogens with zero attached hydrogens (tertiary/aromatic N) is 1. The summed E-state index contributed by atoms with van der Waals surface area (Å²) in [5, 5.41) is 2.18. The molecule has 1 aliphatic carbocycles. The number of aromatic nitrogens is 1. The molecule has 0 saturated heterocycles. The van der Waals surface area contributed by atoms with Crippen molar-refractivity contribution >= 4 is 32.5 Å². The molecule has 1 aromatic heterocycles. The van der Waals surface area contributed by atoms with Crippen molar-refractivity contribution in [2.45, 2.75) is 13.0 Å². The molecule has 2 aromatic carbocycles. The third-order valence-electron chi connectivity index (χ3n) is 4.35. The maximum atomic E-state index is 12.9. The van der Waals surface area contributed by atoms with Gasteiger partial charge in [-0.05, 0) is 12.5 Å². The largest absolute Gasteiger partial charge is 0.307 e. The number of ketones is 1. The van der Waals surface area contributed by atoms with E-state index in [9.17, 15) is 9.59 Å². The van der Waals surface area contributed by atoms with Crippen molar-refractivity contribution in [3.8, 4) is 11.3 Å². The van der Waals surface area contributed by atoms with Crippen LogP contribution in [-0.2, 0) is 6.54 Å². The van der Waals surface area contributed by atoms with Crippen LogP contribution < -0.4 is 5.56 Å². The number of hydrogen-bond donors (Lipinski definition) is 0. The monoisotopic (exact) mass is 367 g/mol. The zero-order chi connectivity index (χ0) is 16.0. The van der Waals surface area contributed by atoms with Crippen LogP contribution in [0, 0.1) is 0 Å². The molecule has 1 heterocycles. The summed E-state index contributed by atoms with van der Waals surface area (Å²) < 4.78 is 1.77. The van der Waals surface area contributed by atoms with E-state index in [1.54, 1.807) is 10.6 Å². The highest BCUT2D eigenvalue weighted by molar-refractivity contribution is 9.09. The molecule has 23 heavy (non-hydrogen) atoms. The van der Waals surface area contributed by atoms with Crippen molar-refractivity contribution in [1.82, 2.24) is 4.57 Å². The molecule has 0 saturated carbocycles. The number of fused-ring (bicyclic) bond motifs is 5. The molecule has 1 aliphatic rings. The zero-order valence-corrected chi connectivity index (χ0v) is 14.0. The summed E-state index contributed by atoms with van der Waals surface area (Å²) in [6.07, 6.45) is 0.834. The Labute approximate surface area is 141 Å². The third kappa shape index (κ3) is 2.01. The summed E-state index contributed by atoms with van der Waals surface area (Å²) >= 11 is 3.42. The van der Waals surface area contributed by atoms with Crippen LogP contribution in [0.4, 0.5) is 0 Å². The maximum absolute atomic E-state index is 12.9. The molecular formula is C19H14BrNO2. The second-order valence-corrected chi connectivity index (χ2v) is 6.44. The molecule has 3 aromatic rings. The first-order chi connectivity index (χ1) is 11.2. The van der Waals surface area contributed by atoms with Crippen LogP contribution in [0.25, 0.3) is 22.0 Å². The number of halogens is 1. The van der Waals surface area contributed by atoms with Crippen LogP contribution in [0.2, 0.25) is 0 Å². The van der Waals surface area contributed by atoms with Gasteiger partial charge < -0.3 is 4.57 Å². The lowest BCUT2D eigenvalue weighted by molar-refractivity contribution is 0.104. The lowest BCUT2D eigenvalue weighted by Gasteiger charge is -2.14. The molecule has 0 atom stereocenters. The first-order valence-corrected chi connectivity index (χ1v) is 8.72. The van der Waals surface area contributed by atoms with Crippen molar-refractivity contribution < 1.29 is 4.79 Å². The van der Waals surface area contributed by atoms with Gasteiger partial charge in [-0.1, -0.05) is 58.4 Å². The number of benzene rings is 2. The molecule has 3 nitrogen and oxygen atoms in total. The Kier molecular flexibility index (Phi) is 3.42. The van der Waals surface area contributed by atoms with Gasteiger partial charge >= 0.3 is 0 Å². The summed E-state index contributed by atoms with van der Waals surface area (Å²) in [5.74, 6) is 0.0133. The Morgan fingerprint density at radius 1 is 0.870 bits per heavy atom. The molecule has 0 radical (unpaired) electrons. The molecule has 0 N–H and O–H groups in total. The average Bonchev–Trinajstić information content (AvgIpc) is 2.89. The van der Waals surface area contributed by atoms with E-state index in [1.165, 1.54) is 0 Å². The normalized spacial score (nSPS) is 12.5. The SMILES string of the molecule is O=C1c2ccccc2-c2c1c1ccccc1c(=O)n2CCCBr. The van der Waals surface area contributed by atoms with E-state index >= 15 is 0 Å². The van der Waals surface area contributed by atoms with Gasteiger partial charge in [0, 0.05) is 33.8 Å². The summed E-state index contributed by atoms with van der Waals surface area (Å²) in [4.78, 5) is 25.9. The lowest BCUT2D eigenvalue weighted by atomic mass is 10.0. The van der Waals surface area contributed by atoms with E-state index in [-0.39, 0.29) is 11.3 Å². The van der Waals surface area contributed by atoms with E-state index in [0.29, 0.717) is 23.1 Å². The third-order valence-corrected chi connectivity index (χ3v) is 4.91. The Hall–Kier alpha value is -2.20. The van der Waals surface area contributed by atoms with Gasteiger partial charge in [-0.3, -0.25) is 9.59 Å². The number of carbonyl (C=O) groups is 1. The maximum Gasteiger partial charge on any atom is 0.258 e. The van der Waals surface area contributed by atoms with Gasteiger partial charge in [-0.25, -0.2) is 0 Å². The Balaban J connectivity index is 2.16. The highest BCUT2D eigenvalue weighted by Gasteiger charge is 2.31. The first kappa shape index (κ1) is 14.4. The van der Waals surface area contributed by atoms with E-state index in [2.05, 4.69) is 15.9 Å². The fraction of sp³-hybridized carbons (Fsp3) is 0.158. The predicted molar refractivity (Wildman–Crippen MR) is 95.5 cm³/mol. The number of rotatable bonds is 3. The van der Waals surface area contributed by atoms with Gasteiger partial charge in [-0.15, -0.1) is 0 Å². The average molecular weight is 368 g/mol. The minimum absolute atomic E-state index is 0.0133. The Bertz CT molecular complexity index is 1000. The van der Waals surface area contributed by atoms with Crippen molar-refractivity contribution in [1.29, 1.82) is 0 Å². The standard InChI is InChI=1S/C19H14BrNO2/c20-10-5-11-21-17-13-7-2-3-8-14(13)18(22)16(17)12-6-1-4-9-15(12)19(21)23/h1-4,6-9H,5,10-11H2. The minimum atomic E-state index is -0.0233. The molecule has 0 unspecified atom stereocenters. The van der Waals surface area contributed by atoms with Crippen molar-refractivity contribution in [2.75, 3.05) is 5.33 Å². The molecule has 114 valence electrons. The lowest BCUT2D eigenvalue weighted by Crippen LogP contribution is -2.23. The van der Waals surface area contributed by atoms with Crippen LogP contribution in [-0.4, -0.2) is 15.7 Å². The Morgan fingerprint density at radius 2 is 1.52 bits per heavy atom. The molecule has 0 fully saturated rings. The number of pyridine rings is 1. The number of carbonyl (C=O) groups excluding carboxylic acids is 1. The molecule has 4 heteroatoms. The summed E-state index contributed by atoms with van der Waals surface area (Å²) in [7, 11) is 0. The minimum Gasteiger partial charge on any atom is -0.307 e. The summed E-state index contributed by atoms with van der Waals surface area (Å²) in [6.45, 7) is 0.596.